The number of hydrogen-bond acceptors (Lipinski definition) is 10. The highest BCUT2D eigenvalue weighted by molar-refractivity contribution is 8.44. The Hall–Kier alpha value is 1.13. The fourth-order valence-corrected chi connectivity index (χ4v) is 14.8. The molecule has 18 heteroatoms. The van der Waals surface area contributed by atoms with E-state index in [9.17, 15) is 9.46 Å². The third kappa shape index (κ3) is 16.1. The molecule has 1 N–H and O–H groups in total. The quantitative estimate of drug-likeness (QED) is 0.124. The standard InChI is InChI=1S/2C25H47B2O5PS/c2*1-22(2,3)15-14(30-20(26)16(15)23(4,5)6)13-29-33(28,34)32-18-17(24(7,8)9)21(27)31-19(18)25(10,11)12/h2*14-21H,13H2,1-12H3,(H,28,34)/t2*14-,15?,16+,17+,18?,19+,20-,21-,33?/m11/s1. The molecule has 18 atom stereocenters. The Balaban J connectivity index is 0.000000360. The highest BCUT2D eigenvalue weighted by Gasteiger charge is 2.57. The van der Waals surface area contributed by atoms with Gasteiger partial charge in [-0.05, 0) is 78.8 Å². The van der Waals surface area contributed by atoms with E-state index in [2.05, 4.69) is 178 Å². The average Bonchev–Trinajstić information content (AvgIpc) is 3.81. The maximum Gasteiger partial charge on any atom is 0.386 e. The Kier molecular flexibility index (Phi) is 20.2. The van der Waals surface area contributed by atoms with Gasteiger partial charge in [0.05, 0.1) is 49.8 Å². The molecule has 10 nitrogen and oxygen atoms in total. The van der Waals surface area contributed by atoms with E-state index in [-0.39, 0.29) is 116 Å². The molecule has 0 bridgehead atoms. The van der Waals surface area contributed by atoms with E-state index in [0.29, 0.717) is 0 Å². The summed E-state index contributed by atoms with van der Waals surface area (Å²) in [6.07, 6.45) is -2.30. The molecule has 8 radical (unpaired) electrons. The van der Waals surface area contributed by atoms with E-state index in [1.807, 2.05) is 0 Å². The molecule has 4 heterocycles. The van der Waals surface area contributed by atoms with Gasteiger partial charge in [0, 0.05) is 35.8 Å². The van der Waals surface area contributed by atoms with Gasteiger partial charge in [-0.1, -0.05) is 178 Å². The molecule has 6 unspecified atom stereocenters. The lowest BCUT2D eigenvalue weighted by atomic mass is 9.59. The maximum absolute atomic E-state index is 13.5. The van der Waals surface area contributed by atoms with Crippen LogP contribution >= 0.6 is 25.8 Å². The van der Waals surface area contributed by atoms with Crippen molar-refractivity contribution in [3.63, 3.8) is 0 Å². The lowest BCUT2D eigenvalue weighted by molar-refractivity contribution is -0.0390. The average molecular weight is 1020 g/mol. The minimum Gasteiger partial charge on any atom is -0.382 e. The van der Waals surface area contributed by atoms with Crippen LogP contribution in [0.1, 0.15) is 166 Å². The summed E-state index contributed by atoms with van der Waals surface area (Å²) in [5.41, 5.74) is -1.20. The third-order valence-electron chi connectivity index (χ3n) is 14.6. The van der Waals surface area contributed by atoms with Crippen LogP contribution in [0.15, 0.2) is 0 Å². The van der Waals surface area contributed by atoms with Crippen LogP contribution in [0, 0.1) is 78.8 Å². The zero-order chi connectivity index (χ0) is 53.3. The summed E-state index contributed by atoms with van der Waals surface area (Å²) in [5.74, 6) is 0.172. The molecule has 0 aliphatic carbocycles. The summed E-state index contributed by atoms with van der Waals surface area (Å²) < 4.78 is 62.4. The number of rotatable bonds is 10. The van der Waals surface area contributed by atoms with E-state index < -0.39 is 49.7 Å². The predicted octanol–water partition coefficient (Wildman–Crippen LogP) is 11.7. The number of ether oxygens (including phenoxy) is 4. The summed E-state index contributed by atoms with van der Waals surface area (Å²) in [6, 6.07) is -1.88. The normalized spacial score (nSPS) is 37.7. The summed E-state index contributed by atoms with van der Waals surface area (Å²) in [7, 11) is 25.6. The van der Waals surface area contributed by atoms with Crippen LogP contribution in [0.4, 0.5) is 0 Å². The predicted molar refractivity (Wildman–Crippen MR) is 289 cm³/mol. The van der Waals surface area contributed by atoms with Gasteiger partial charge < -0.3 is 32.9 Å². The highest BCUT2D eigenvalue weighted by atomic mass is 32.7. The molecule has 4 rings (SSSR count). The first-order chi connectivity index (χ1) is 29.9. The molecular formula is C50H94B4O10P2S2. The molecule has 4 aliphatic rings. The molecule has 4 saturated heterocycles. The number of thiol groups is 1. The van der Waals surface area contributed by atoms with Crippen LogP contribution in [0.2, 0.25) is 0 Å². The van der Waals surface area contributed by atoms with Gasteiger partial charge in [-0.25, -0.2) is 4.57 Å². The van der Waals surface area contributed by atoms with Crippen molar-refractivity contribution in [3.8, 4) is 0 Å². The van der Waals surface area contributed by atoms with Gasteiger partial charge in [0.15, 0.2) is 0 Å². The summed E-state index contributed by atoms with van der Waals surface area (Å²) in [6.45, 7) is 44.0. The van der Waals surface area contributed by atoms with Crippen molar-refractivity contribution in [1.82, 2.24) is 0 Å². The molecule has 68 heavy (non-hydrogen) atoms. The first kappa shape index (κ1) is 63.4. The summed E-state index contributed by atoms with van der Waals surface area (Å²) in [5, 5.41) is 0. The van der Waals surface area contributed by atoms with Gasteiger partial charge in [0.25, 0.3) is 0 Å². The van der Waals surface area contributed by atoms with Crippen LogP contribution < -0.4 is 0 Å². The lowest BCUT2D eigenvalue weighted by Crippen LogP contribution is -2.43. The van der Waals surface area contributed by atoms with Crippen molar-refractivity contribution in [2.75, 3.05) is 13.2 Å². The molecular weight excluding hydrogens is 930 g/mol. The van der Waals surface area contributed by atoms with Crippen molar-refractivity contribution < 1.29 is 46.5 Å². The minimum absolute atomic E-state index is 0.0425. The Morgan fingerprint density at radius 2 is 0.706 bits per heavy atom. The largest absolute Gasteiger partial charge is 0.386 e. The Morgan fingerprint density at radius 1 is 0.441 bits per heavy atom. The van der Waals surface area contributed by atoms with Crippen molar-refractivity contribution >= 4 is 69.0 Å². The molecule has 4 aliphatic heterocycles. The fraction of sp³-hybridized carbons (Fsp3) is 1.00. The summed E-state index contributed by atoms with van der Waals surface area (Å²) >= 11 is 9.88. The van der Waals surface area contributed by atoms with E-state index in [1.165, 1.54) is 0 Å². The second kappa shape index (κ2) is 21.6. The molecule has 0 amide bonds. The van der Waals surface area contributed by atoms with Gasteiger partial charge >= 0.3 is 13.5 Å². The number of hydrogen-bond donors (Lipinski definition) is 2. The monoisotopic (exact) mass is 1020 g/mol. The van der Waals surface area contributed by atoms with Gasteiger partial charge in [0.1, 0.15) is 31.4 Å². The lowest BCUT2D eigenvalue weighted by Gasteiger charge is -2.42. The van der Waals surface area contributed by atoms with Crippen LogP contribution in [0.25, 0.3) is 0 Å². The van der Waals surface area contributed by atoms with Crippen LogP contribution in [-0.4, -0.2) is 110 Å². The van der Waals surface area contributed by atoms with Crippen molar-refractivity contribution in [2.24, 2.45) is 78.8 Å². The van der Waals surface area contributed by atoms with E-state index in [4.69, 9.17) is 80.2 Å². The minimum atomic E-state index is -3.76. The van der Waals surface area contributed by atoms with E-state index >= 15 is 0 Å². The molecule has 0 spiro atoms. The molecule has 0 aromatic rings. The Bertz CT molecular complexity index is 1630. The van der Waals surface area contributed by atoms with Crippen LogP contribution in [0.3, 0.4) is 0 Å². The van der Waals surface area contributed by atoms with Crippen molar-refractivity contribution in [2.45, 2.75) is 227 Å². The Labute approximate surface area is 432 Å². The van der Waals surface area contributed by atoms with Crippen molar-refractivity contribution in [3.05, 3.63) is 0 Å². The zero-order valence-electron chi connectivity index (χ0n) is 46.8. The molecule has 4 fully saturated rings. The SMILES string of the molecule is [B][C@@H]1O[C@H](C(C)(C)C)C(OP(=O)(S)OC[C@H]2O[C@@H]([B])[C@@H](C(C)(C)C)C2C(C)(C)C)[C@@H]1C(C)(C)C.[B][C@@H]1O[C@H](C(C)(C)C)C(OP(O)(=S)OC[C@H]2O[C@@H]([B])[C@@H](C(C)(C)C)C2C(C)(C)C)[C@@H]1C(C)(C)C. The molecule has 0 aromatic heterocycles. The topological polar surface area (TPSA) is 111 Å². The molecule has 0 saturated carbocycles. The first-order valence-electron chi connectivity index (χ1n) is 24.9. The summed E-state index contributed by atoms with van der Waals surface area (Å²) in [4.78, 5) is 11.2. The second-order valence-electron chi connectivity index (χ2n) is 29.1. The van der Waals surface area contributed by atoms with Gasteiger partial charge in [-0.2, -0.15) is 0 Å². The van der Waals surface area contributed by atoms with E-state index in [1.54, 1.807) is 0 Å². The van der Waals surface area contributed by atoms with Crippen LogP contribution in [0.5, 0.6) is 0 Å². The first-order valence-corrected chi connectivity index (χ1v) is 30.2. The van der Waals surface area contributed by atoms with E-state index in [0.717, 1.165) is 0 Å². The smallest absolute Gasteiger partial charge is 0.382 e. The molecule has 388 valence electrons. The third-order valence-corrected chi connectivity index (χ3v) is 17.8. The van der Waals surface area contributed by atoms with Crippen LogP contribution in [-0.2, 0) is 53.4 Å². The van der Waals surface area contributed by atoms with Gasteiger partial charge in [-0.3, -0.25) is 9.05 Å². The fourth-order valence-electron chi connectivity index (χ4n) is 11.9. The van der Waals surface area contributed by atoms with Crippen molar-refractivity contribution in [1.29, 1.82) is 0 Å². The van der Waals surface area contributed by atoms with Gasteiger partial charge in [-0.15, -0.1) is 0 Å². The maximum atomic E-state index is 13.5. The second-order valence-corrected chi connectivity index (χ2v) is 34.7. The molecule has 0 aromatic carbocycles. The van der Waals surface area contributed by atoms with Gasteiger partial charge in [0.2, 0.25) is 0 Å². The zero-order valence-corrected chi connectivity index (χ0v) is 50.3. The highest BCUT2D eigenvalue weighted by Crippen LogP contribution is 2.61. The Morgan fingerprint density at radius 3 is 0.985 bits per heavy atom.